The van der Waals surface area contributed by atoms with Gasteiger partial charge in [-0.05, 0) is 24.6 Å². The molecule has 1 N–H and O–H groups in total. The van der Waals surface area contributed by atoms with Crippen molar-refractivity contribution in [3.05, 3.63) is 46.6 Å². The lowest BCUT2D eigenvalue weighted by atomic mass is 10.1. The van der Waals surface area contributed by atoms with E-state index in [1.807, 2.05) is 6.07 Å². The molecule has 2 heterocycles. The van der Waals surface area contributed by atoms with E-state index in [2.05, 4.69) is 15.5 Å². The normalized spacial score (nSPS) is 17.7. The molecule has 2 aromatic rings. The lowest BCUT2D eigenvalue weighted by Gasteiger charge is -2.34. The number of rotatable bonds is 4. The van der Waals surface area contributed by atoms with E-state index in [9.17, 15) is 9.59 Å². The maximum absolute atomic E-state index is 12.7. The van der Waals surface area contributed by atoms with Crippen molar-refractivity contribution in [3.63, 3.8) is 0 Å². The van der Waals surface area contributed by atoms with Gasteiger partial charge in [0.15, 0.2) is 5.82 Å². The highest BCUT2D eigenvalue weighted by Gasteiger charge is 2.34. The summed E-state index contributed by atoms with van der Waals surface area (Å²) in [5.74, 6) is 0.498. The Bertz CT molecular complexity index is 761. The molecule has 0 saturated carbocycles. The van der Waals surface area contributed by atoms with Crippen LogP contribution in [0.1, 0.15) is 17.3 Å². The third kappa shape index (κ3) is 3.73. The van der Waals surface area contributed by atoms with Crippen molar-refractivity contribution in [3.8, 4) is 0 Å². The Morgan fingerprint density at radius 2 is 2.33 bits per heavy atom. The van der Waals surface area contributed by atoms with Crippen LogP contribution in [0, 0.1) is 6.92 Å². The lowest BCUT2D eigenvalue weighted by Crippen LogP contribution is -2.58. The van der Waals surface area contributed by atoms with Crippen LogP contribution in [0.25, 0.3) is 0 Å². The summed E-state index contributed by atoms with van der Waals surface area (Å²) in [6.45, 7) is 2.58. The van der Waals surface area contributed by atoms with Crippen molar-refractivity contribution in [2.75, 3.05) is 13.1 Å². The van der Waals surface area contributed by atoms with E-state index in [0.29, 0.717) is 29.8 Å². The third-order valence-electron chi connectivity index (χ3n) is 3.83. The molecule has 2 amide bonds. The van der Waals surface area contributed by atoms with Crippen LogP contribution in [0.2, 0.25) is 5.02 Å². The number of carbonyl (C=O) groups excluding carboxylic acids is 2. The average Bonchev–Trinajstić information content (AvgIpc) is 2.94. The molecular formula is C16H17ClN4O3. The largest absolute Gasteiger partial charge is 0.353 e. The van der Waals surface area contributed by atoms with Crippen LogP contribution in [0.4, 0.5) is 0 Å². The number of aromatic nitrogens is 2. The van der Waals surface area contributed by atoms with Crippen molar-refractivity contribution < 1.29 is 14.1 Å². The van der Waals surface area contributed by atoms with E-state index in [1.54, 1.807) is 30.0 Å². The summed E-state index contributed by atoms with van der Waals surface area (Å²) in [6, 6.07) is 6.49. The zero-order valence-electron chi connectivity index (χ0n) is 13.2. The summed E-state index contributed by atoms with van der Waals surface area (Å²) in [7, 11) is 0. The molecule has 0 radical (unpaired) electrons. The Morgan fingerprint density at radius 3 is 3.04 bits per heavy atom. The Kier molecular flexibility index (Phi) is 4.80. The predicted octanol–water partition coefficient (Wildman–Crippen LogP) is 1.14. The molecule has 0 spiro atoms. The van der Waals surface area contributed by atoms with Gasteiger partial charge in [-0.15, -0.1) is 0 Å². The van der Waals surface area contributed by atoms with Crippen LogP contribution in [0.5, 0.6) is 0 Å². The molecule has 0 bridgehead atoms. The zero-order chi connectivity index (χ0) is 17.1. The molecule has 0 aliphatic carbocycles. The Balaban J connectivity index is 1.75. The van der Waals surface area contributed by atoms with E-state index < -0.39 is 6.04 Å². The highest BCUT2D eigenvalue weighted by atomic mass is 35.5. The van der Waals surface area contributed by atoms with Gasteiger partial charge in [-0.2, -0.15) is 4.98 Å². The number of hydrogen-bond acceptors (Lipinski definition) is 5. The molecule has 1 aliphatic rings. The first-order chi connectivity index (χ1) is 11.5. The van der Waals surface area contributed by atoms with Crippen LogP contribution in [-0.4, -0.2) is 46.0 Å². The van der Waals surface area contributed by atoms with Gasteiger partial charge < -0.3 is 14.7 Å². The number of nitrogens with one attached hydrogen (secondary N) is 1. The summed E-state index contributed by atoms with van der Waals surface area (Å²) < 4.78 is 5.08. The highest BCUT2D eigenvalue weighted by molar-refractivity contribution is 6.30. The molecule has 7 nitrogen and oxygen atoms in total. The van der Waals surface area contributed by atoms with Gasteiger partial charge in [0.25, 0.3) is 0 Å². The molecule has 3 rings (SSSR count). The highest BCUT2D eigenvalue weighted by Crippen LogP contribution is 2.16. The quantitative estimate of drug-likeness (QED) is 0.895. The molecule has 1 saturated heterocycles. The topological polar surface area (TPSA) is 88.3 Å². The number of piperazine rings is 1. The van der Waals surface area contributed by atoms with E-state index in [0.717, 1.165) is 5.56 Å². The third-order valence-corrected chi connectivity index (χ3v) is 4.07. The maximum atomic E-state index is 12.7. The van der Waals surface area contributed by atoms with E-state index >= 15 is 0 Å². The van der Waals surface area contributed by atoms with Gasteiger partial charge in [0, 0.05) is 18.1 Å². The van der Waals surface area contributed by atoms with E-state index in [1.165, 1.54) is 0 Å². The first kappa shape index (κ1) is 16.4. The number of nitrogens with zero attached hydrogens (tertiary/aromatic N) is 3. The number of halogens is 1. The van der Waals surface area contributed by atoms with Crippen molar-refractivity contribution in [2.45, 2.75) is 25.8 Å². The van der Waals surface area contributed by atoms with E-state index in [4.69, 9.17) is 16.1 Å². The standard InChI is InChI=1S/C16H17ClN4O3/c1-10-19-14(24-20-10)9-13-16(23)18-5-6-21(13)15(22)8-11-3-2-4-12(17)7-11/h2-4,7,13H,5-6,8-9H2,1H3,(H,18,23). The first-order valence-electron chi connectivity index (χ1n) is 7.64. The van der Waals surface area contributed by atoms with Crippen molar-refractivity contribution in [1.82, 2.24) is 20.4 Å². The first-order valence-corrected chi connectivity index (χ1v) is 8.01. The van der Waals surface area contributed by atoms with Gasteiger partial charge in [0.05, 0.1) is 12.8 Å². The molecular weight excluding hydrogens is 332 g/mol. The Hall–Kier alpha value is -2.41. The fourth-order valence-corrected chi connectivity index (χ4v) is 2.94. The monoisotopic (exact) mass is 348 g/mol. The maximum Gasteiger partial charge on any atom is 0.243 e. The second kappa shape index (κ2) is 7.00. The summed E-state index contributed by atoms with van der Waals surface area (Å²) in [5.41, 5.74) is 0.811. The lowest BCUT2D eigenvalue weighted by molar-refractivity contribution is -0.142. The molecule has 1 aromatic heterocycles. The fraction of sp³-hybridized carbons (Fsp3) is 0.375. The van der Waals surface area contributed by atoms with Crippen LogP contribution in [-0.2, 0) is 22.4 Å². The van der Waals surface area contributed by atoms with Crippen molar-refractivity contribution >= 4 is 23.4 Å². The SMILES string of the molecule is Cc1noc(CC2C(=O)NCCN2C(=O)Cc2cccc(Cl)c2)n1. The van der Waals surface area contributed by atoms with Gasteiger partial charge in [-0.25, -0.2) is 0 Å². The van der Waals surface area contributed by atoms with Crippen LogP contribution < -0.4 is 5.32 Å². The van der Waals surface area contributed by atoms with Crippen LogP contribution >= 0.6 is 11.6 Å². The molecule has 8 heteroatoms. The summed E-state index contributed by atoms with van der Waals surface area (Å²) in [6.07, 6.45) is 0.390. The minimum atomic E-state index is -0.648. The van der Waals surface area contributed by atoms with Crippen molar-refractivity contribution in [2.24, 2.45) is 0 Å². The summed E-state index contributed by atoms with van der Waals surface area (Å²) >= 11 is 5.96. The predicted molar refractivity (Wildman–Crippen MR) is 86.4 cm³/mol. The fourth-order valence-electron chi connectivity index (χ4n) is 2.73. The van der Waals surface area contributed by atoms with Crippen LogP contribution in [0.3, 0.4) is 0 Å². The number of benzene rings is 1. The molecule has 1 aliphatic heterocycles. The van der Waals surface area contributed by atoms with Gasteiger partial charge in [0.2, 0.25) is 17.7 Å². The smallest absolute Gasteiger partial charge is 0.243 e. The van der Waals surface area contributed by atoms with E-state index in [-0.39, 0.29) is 24.7 Å². The summed E-state index contributed by atoms with van der Waals surface area (Å²) in [4.78, 5) is 30.6. The summed E-state index contributed by atoms with van der Waals surface area (Å²) in [5, 5.41) is 7.07. The van der Waals surface area contributed by atoms with Crippen LogP contribution in [0.15, 0.2) is 28.8 Å². The number of aryl methyl sites for hydroxylation is 1. The Labute approximate surface area is 144 Å². The zero-order valence-corrected chi connectivity index (χ0v) is 13.9. The Morgan fingerprint density at radius 1 is 1.50 bits per heavy atom. The number of hydrogen-bond donors (Lipinski definition) is 1. The molecule has 1 atom stereocenters. The molecule has 126 valence electrons. The van der Waals surface area contributed by atoms with Gasteiger partial charge in [-0.1, -0.05) is 28.9 Å². The molecule has 1 aromatic carbocycles. The minimum Gasteiger partial charge on any atom is -0.353 e. The second-order valence-electron chi connectivity index (χ2n) is 5.64. The minimum absolute atomic E-state index is 0.131. The average molecular weight is 349 g/mol. The van der Waals surface area contributed by atoms with Gasteiger partial charge in [-0.3, -0.25) is 9.59 Å². The second-order valence-corrected chi connectivity index (χ2v) is 6.08. The number of amides is 2. The molecule has 24 heavy (non-hydrogen) atoms. The van der Waals surface area contributed by atoms with Crippen molar-refractivity contribution in [1.29, 1.82) is 0 Å². The van der Waals surface area contributed by atoms with Gasteiger partial charge >= 0.3 is 0 Å². The molecule has 1 unspecified atom stereocenters. The number of carbonyl (C=O) groups is 2. The van der Waals surface area contributed by atoms with Gasteiger partial charge in [0.1, 0.15) is 6.04 Å². The molecule has 1 fully saturated rings.